The van der Waals surface area contributed by atoms with Crippen LogP contribution in [0.1, 0.15) is 108 Å². The van der Waals surface area contributed by atoms with Gasteiger partial charge < -0.3 is 82.4 Å². The molecule has 2 N–H and O–H groups in total. The van der Waals surface area contributed by atoms with Crippen LogP contribution in [0.3, 0.4) is 0 Å². The molecule has 7 aromatic rings. The topological polar surface area (TPSA) is 344 Å². The van der Waals surface area contributed by atoms with Crippen molar-refractivity contribution in [2.75, 3.05) is 172 Å². The minimum Gasteiger partial charge on any atom is -0.489 e. The van der Waals surface area contributed by atoms with Crippen LogP contribution < -0.4 is 78.4 Å². The van der Waals surface area contributed by atoms with Gasteiger partial charge in [0, 0.05) is 231 Å². The van der Waals surface area contributed by atoms with Crippen molar-refractivity contribution in [1.29, 1.82) is 0 Å². The van der Waals surface area contributed by atoms with Gasteiger partial charge in [0.25, 0.3) is 0 Å². The maximum Gasteiger partial charge on any atom is 0.415 e. The van der Waals surface area contributed by atoms with Crippen molar-refractivity contribution in [3.05, 3.63) is 126 Å². The molecule has 0 radical (unpaired) electrons. The summed E-state index contributed by atoms with van der Waals surface area (Å²) in [6.07, 6.45) is 11.6. The third kappa shape index (κ3) is 19.0. The number of benzene rings is 5. The van der Waals surface area contributed by atoms with Crippen LogP contribution in [0.15, 0.2) is 91.6 Å². The third-order valence-corrected chi connectivity index (χ3v) is 35.1. The van der Waals surface area contributed by atoms with Crippen LogP contribution in [0.5, 0.6) is 28.7 Å². The van der Waals surface area contributed by atoms with Crippen molar-refractivity contribution >= 4 is 163 Å². The van der Waals surface area contributed by atoms with E-state index < -0.39 is 67.0 Å². The number of nitrogens with zero attached hydrogens (tertiary/aromatic N) is 15. The largest absolute Gasteiger partial charge is 0.489 e. The lowest BCUT2D eigenvalue weighted by atomic mass is 9.98. The minimum absolute atomic E-state index is 0.0439. The molecule has 5 amide bonds. The molecular weight excluding hydrogens is 1930 g/mol. The Balaban J connectivity index is 0.000000105. The maximum absolute atomic E-state index is 15.2. The fourth-order valence-electron chi connectivity index (χ4n) is 22.3. The first-order valence-corrected chi connectivity index (χ1v) is 54.1. The molecule has 2 aromatic heterocycles. The highest BCUT2D eigenvalue weighted by Gasteiger charge is 2.55. The van der Waals surface area contributed by atoms with E-state index in [4.69, 9.17) is 53.1 Å². The second-order valence-corrected chi connectivity index (χ2v) is 43.9. The first-order chi connectivity index (χ1) is 68.4. The molecule has 6 unspecified atom stereocenters. The van der Waals surface area contributed by atoms with Crippen molar-refractivity contribution in [1.82, 2.24) is 25.0 Å². The van der Waals surface area contributed by atoms with Gasteiger partial charge in [-0.05, 0) is 64.7 Å². The van der Waals surface area contributed by atoms with Crippen LogP contribution in [0.4, 0.5) is 103 Å². The summed E-state index contributed by atoms with van der Waals surface area (Å²) in [4.78, 5) is 124. The number of hydrogen-bond donors (Lipinski definition) is 1. The number of thioether (sulfide) groups is 5. The minimum atomic E-state index is -0.548. The lowest BCUT2D eigenvalue weighted by Gasteiger charge is -2.38. The molecular formula is C97H109F5N16O18S5. The van der Waals surface area contributed by atoms with Gasteiger partial charge in [0.2, 0.25) is 0 Å². The van der Waals surface area contributed by atoms with Crippen molar-refractivity contribution in [3.63, 3.8) is 0 Å². The van der Waals surface area contributed by atoms with Crippen LogP contribution in [-0.2, 0) is 39.8 Å². The summed E-state index contributed by atoms with van der Waals surface area (Å²) in [6, 6.07) is 16.1. The van der Waals surface area contributed by atoms with E-state index in [2.05, 4.69) is 35.0 Å². The molecule has 0 aliphatic carbocycles. The molecule has 5 aromatic carbocycles. The molecule has 13 fully saturated rings. The number of halogens is 5. The summed E-state index contributed by atoms with van der Waals surface area (Å²) in [5.74, 6) is 10.9. The summed E-state index contributed by atoms with van der Waals surface area (Å²) in [7, 11) is 0. The van der Waals surface area contributed by atoms with Crippen molar-refractivity contribution in [2.45, 2.75) is 201 Å². The van der Waals surface area contributed by atoms with E-state index in [1.165, 1.54) is 80.3 Å². The highest BCUT2D eigenvalue weighted by Crippen LogP contribution is 2.53. The Morgan fingerprint density at radius 2 is 0.730 bits per heavy atom. The Hall–Kier alpha value is -11.0. The standard InChI is InChI=1S/C22H27FN2O4S.C21H21FN4O4S.C20H23FN2O4S.C17H18FN5O3S.C17H20FN3O3S/c1-12(2)19(26)5-6-20-18-9-28-21-8-16(24-13-3-4-14(24)11-30-10-13)15(23)7-17(21)25(18)22(27)29-20;22-13-9-16-20(10-15(13)25-5-7-31-8-6-25)29-12-17-19(30-21(28)26(16)17)2-1-18(27)14-11-23-3-4-24-14;1-11(24)2-5-18-17-8-26-19-7-15(22-12-3-4-13(22)10-28-9-12)14(21)6-16(19)23(17)20(25)27-18;18-11-7-13-15(8-12(11)21-3-5-27-6-4-21)25-10-14-16(26-17(24)23(13)14)9-22-2-1-19-20-22;18-11-3-13-15(23-6-14-16(5-19)24-17(22)21(13)14)4-12(11)20-9-1-2-10(20)8-25-7-9/h7-8,12-14,18,20H,3-6,9-11H2,1-2H3;3-4,9-11,17,19H,1-2,5-8,12H2;6-7,12-13,17-18H,2-5,8-10H2,1H3;1-2,7-8,14,16H,3-6,9-10H2;3-4,9-10,14,16H,1-2,5-8,19H2/t13?,14?,18-,20-;17-,19-;12?,13?,17-,18-;14-,16-;9?,10?,14-,16-/m00000/s1. The zero-order valence-electron chi connectivity index (χ0n) is 77.9. The third-order valence-electron chi connectivity index (χ3n) is 29.5. The number of aromatic nitrogens is 5. The van der Waals surface area contributed by atoms with E-state index in [-0.39, 0.29) is 115 Å². The number of anilines is 10. The predicted molar refractivity (Wildman–Crippen MR) is 525 cm³/mol. The Morgan fingerprint density at radius 1 is 0.404 bits per heavy atom. The van der Waals surface area contributed by atoms with Gasteiger partial charge >= 0.3 is 30.5 Å². The van der Waals surface area contributed by atoms with Crippen LogP contribution in [0.25, 0.3) is 0 Å². The Labute approximate surface area is 831 Å². The Morgan fingerprint density at radius 3 is 1.06 bits per heavy atom. The summed E-state index contributed by atoms with van der Waals surface area (Å²) in [5.41, 5.74) is 10.8. The van der Waals surface area contributed by atoms with Gasteiger partial charge in [-0.3, -0.25) is 39.1 Å². The number of carbonyl (C=O) groups excluding carboxylic acids is 8. The molecule has 18 aliphatic rings. The molecule has 0 saturated carbocycles. The fraction of sp³-hybridized carbons (Fsp3) is 0.546. The smallest absolute Gasteiger partial charge is 0.415 e. The highest BCUT2D eigenvalue weighted by molar-refractivity contribution is 8.00. The Kier molecular flexibility index (Phi) is 28.0. The SMILES string of the molecule is CC(=O)CC[C@@H]1OC(=O)N2c3cc(F)c(N4C5CCC4CSC5)cc3OC[C@@H]12.CC(C)C(=O)CC[C@@H]1OC(=O)N2c3cc(F)c(N4C5CCC4CSC5)cc3OC[C@@H]12.NC[C@@H]1OC(=O)N2c3cc(F)c(N4C5CCC4CSC5)cc3OC[C@@H]12.O=C(CC[C@@H]1OC(=O)N2c3cc(F)c(N4CCSCC4)cc3OC[C@@H]12)c1cnccn1.O=C1O[C@@H](Cn2ccnn2)[C@@H]2COc3cc(N4CCSCC4)c(F)cc3N12. The number of rotatable bonds is 19. The first kappa shape index (κ1) is 96.2. The predicted octanol–water partition coefficient (Wildman–Crippen LogP) is 14.0. The monoisotopic (exact) mass is 2040 g/mol. The van der Waals surface area contributed by atoms with E-state index in [0.717, 1.165) is 122 Å². The number of hydrogen-bond acceptors (Lipinski definition) is 33. The van der Waals surface area contributed by atoms with Crippen LogP contribution in [0.2, 0.25) is 0 Å². The van der Waals surface area contributed by atoms with Gasteiger partial charge in [-0.1, -0.05) is 19.1 Å². The van der Waals surface area contributed by atoms with E-state index in [1.54, 1.807) is 47.4 Å². The maximum atomic E-state index is 15.2. The zero-order chi connectivity index (χ0) is 97.3. The van der Waals surface area contributed by atoms with E-state index in [0.29, 0.717) is 174 Å². The number of amides is 5. The zero-order valence-corrected chi connectivity index (χ0v) is 82.0. The fourth-order valence-corrected chi connectivity index (χ4v) is 28.1. The summed E-state index contributed by atoms with van der Waals surface area (Å²) in [5, 5.41) is 7.67. The number of ether oxygens (including phenoxy) is 10. The molecule has 141 heavy (non-hydrogen) atoms. The molecule has 18 aliphatic heterocycles. The number of carbonyl (C=O) groups is 8. The highest BCUT2D eigenvalue weighted by atomic mass is 32.2. The van der Waals surface area contributed by atoms with Crippen LogP contribution in [-0.4, -0.2) is 293 Å². The number of fused-ring (bicyclic) bond motifs is 21. The average molecular weight is 2040 g/mol. The molecule has 0 spiro atoms. The van der Waals surface area contributed by atoms with Crippen molar-refractivity contribution < 1.29 is 108 Å². The molecule has 6 bridgehead atoms. The molecule has 44 heteroatoms. The Bertz CT molecular complexity index is 5890. The molecule has 750 valence electrons. The van der Waals surface area contributed by atoms with Crippen molar-refractivity contribution in [2.24, 2.45) is 11.7 Å². The lowest BCUT2D eigenvalue weighted by molar-refractivity contribution is -0.122. The normalized spacial score (nSPS) is 27.8. The van der Waals surface area contributed by atoms with E-state index in [1.807, 2.05) is 82.5 Å². The van der Waals surface area contributed by atoms with Crippen LogP contribution in [0, 0.1) is 35.0 Å². The van der Waals surface area contributed by atoms with E-state index in [9.17, 15) is 51.5 Å². The second kappa shape index (κ2) is 41.0. The molecule has 16 atom stereocenters. The van der Waals surface area contributed by atoms with Gasteiger partial charge in [0.05, 0.1) is 75.8 Å². The lowest BCUT2D eigenvalue weighted by Crippen LogP contribution is -2.47. The number of Topliss-reactive ketones (excluding diaryl/α,β-unsaturated/α-hetero) is 3. The first-order valence-electron chi connectivity index (χ1n) is 48.4. The van der Waals surface area contributed by atoms with E-state index >= 15 is 8.78 Å². The number of cyclic esters (lactones) is 5. The summed E-state index contributed by atoms with van der Waals surface area (Å²) >= 11 is 9.54. The van der Waals surface area contributed by atoms with Gasteiger partial charge in [0.15, 0.2) is 5.78 Å². The molecule has 13 saturated heterocycles. The van der Waals surface area contributed by atoms with Gasteiger partial charge in [0.1, 0.15) is 169 Å². The molecule has 34 nitrogen and oxygen atoms in total. The summed E-state index contributed by atoms with van der Waals surface area (Å²) < 4.78 is 134. The van der Waals surface area contributed by atoms with Gasteiger partial charge in [-0.15, -0.1) is 5.10 Å². The number of ketones is 3. The summed E-state index contributed by atoms with van der Waals surface area (Å²) in [6.45, 7) is 10.4. The van der Waals surface area contributed by atoms with Crippen molar-refractivity contribution in [3.8, 4) is 28.7 Å². The quantitative estimate of drug-likeness (QED) is 0.0446. The molecule has 25 rings (SSSR count). The second-order valence-electron chi connectivity index (χ2n) is 38.2. The average Bonchev–Trinajstić information content (AvgIpc) is 1.64. The number of nitrogens with two attached hydrogens (primary N) is 1. The van der Waals surface area contributed by atoms with Crippen LogP contribution >= 0.6 is 58.8 Å². The molecule has 20 heterocycles. The van der Waals surface area contributed by atoms with Gasteiger partial charge in [-0.2, -0.15) is 58.8 Å². The van der Waals surface area contributed by atoms with Gasteiger partial charge in [-0.25, -0.2) is 55.6 Å².